The highest BCUT2D eigenvalue weighted by Gasteiger charge is 2.21. The van der Waals surface area contributed by atoms with Crippen molar-refractivity contribution in [2.45, 2.75) is 26.8 Å². The van der Waals surface area contributed by atoms with Crippen LogP contribution in [0.1, 0.15) is 34.8 Å². The zero-order valence-corrected chi connectivity index (χ0v) is 15.3. The van der Waals surface area contributed by atoms with Gasteiger partial charge in [0.2, 0.25) is 0 Å². The van der Waals surface area contributed by atoms with Crippen LogP contribution in [0.15, 0.2) is 42.7 Å². The number of carbonyl (C=O) groups is 2. The second kappa shape index (κ2) is 9.42. The van der Waals surface area contributed by atoms with E-state index in [9.17, 15) is 19.7 Å². The van der Waals surface area contributed by atoms with E-state index in [1.165, 1.54) is 11.0 Å². The SMILES string of the molecule is CCOC(=O)CCN(Cc1cccnc1)C(=O)c1ccc(C)c([N+](=O)[O-])c1. The fourth-order valence-corrected chi connectivity index (χ4v) is 2.55. The van der Waals surface area contributed by atoms with Crippen molar-refractivity contribution in [2.24, 2.45) is 0 Å². The molecular weight excluding hydrogens is 350 g/mol. The lowest BCUT2D eigenvalue weighted by Crippen LogP contribution is -2.33. The van der Waals surface area contributed by atoms with Crippen LogP contribution in [0.25, 0.3) is 0 Å². The second-order valence-corrected chi connectivity index (χ2v) is 5.90. The standard InChI is InChI=1S/C19H21N3O5/c1-3-27-18(23)8-10-21(13-15-5-4-9-20-12-15)19(24)16-7-6-14(2)17(11-16)22(25)26/h4-7,9,11-12H,3,8,10,13H2,1-2H3. The van der Waals surface area contributed by atoms with Gasteiger partial charge >= 0.3 is 5.97 Å². The molecule has 0 saturated heterocycles. The number of hydrogen-bond donors (Lipinski definition) is 0. The van der Waals surface area contributed by atoms with Crippen molar-refractivity contribution in [1.29, 1.82) is 0 Å². The number of aromatic nitrogens is 1. The average molecular weight is 371 g/mol. The summed E-state index contributed by atoms with van der Waals surface area (Å²) in [6, 6.07) is 7.91. The van der Waals surface area contributed by atoms with E-state index in [-0.39, 0.29) is 37.4 Å². The lowest BCUT2D eigenvalue weighted by Gasteiger charge is -2.22. The summed E-state index contributed by atoms with van der Waals surface area (Å²) < 4.78 is 4.92. The van der Waals surface area contributed by atoms with Crippen molar-refractivity contribution in [3.63, 3.8) is 0 Å². The highest BCUT2D eigenvalue weighted by molar-refractivity contribution is 5.95. The zero-order valence-electron chi connectivity index (χ0n) is 15.3. The number of nitro groups is 1. The minimum absolute atomic E-state index is 0.0355. The molecule has 1 aromatic heterocycles. The molecule has 1 heterocycles. The number of ether oxygens (including phenoxy) is 1. The Labute approximate surface area is 156 Å². The normalized spacial score (nSPS) is 10.3. The summed E-state index contributed by atoms with van der Waals surface area (Å²) in [5, 5.41) is 11.2. The predicted molar refractivity (Wildman–Crippen MR) is 98.1 cm³/mol. The summed E-state index contributed by atoms with van der Waals surface area (Å²) in [4.78, 5) is 40.7. The third kappa shape index (κ3) is 5.60. The number of pyridine rings is 1. The Hall–Kier alpha value is -3.29. The Morgan fingerprint density at radius 2 is 2.07 bits per heavy atom. The van der Waals surface area contributed by atoms with Crippen LogP contribution in [-0.2, 0) is 16.1 Å². The summed E-state index contributed by atoms with van der Waals surface area (Å²) in [5.41, 5.74) is 1.34. The van der Waals surface area contributed by atoms with Crippen LogP contribution in [-0.4, -0.2) is 39.8 Å². The molecule has 0 N–H and O–H groups in total. The molecule has 0 saturated carbocycles. The molecule has 0 bridgehead atoms. The molecule has 0 aliphatic carbocycles. The van der Waals surface area contributed by atoms with Crippen molar-refractivity contribution in [2.75, 3.05) is 13.2 Å². The number of rotatable bonds is 8. The maximum absolute atomic E-state index is 12.9. The van der Waals surface area contributed by atoms with Gasteiger partial charge in [0.15, 0.2) is 0 Å². The van der Waals surface area contributed by atoms with E-state index in [2.05, 4.69) is 4.98 Å². The average Bonchev–Trinajstić information content (AvgIpc) is 2.65. The fourth-order valence-electron chi connectivity index (χ4n) is 2.55. The van der Waals surface area contributed by atoms with Crippen LogP contribution >= 0.6 is 0 Å². The Bertz CT molecular complexity index is 823. The Balaban J connectivity index is 2.25. The molecule has 0 atom stereocenters. The number of carbonyl (C=O) groups excluding carboxylic acids is 2. The maximum atomic E-state index is 12.9. The largest absolute Gasteiger partial charge is 0.466 e. The van der Waals surface area contributed by atoms with Crippen LogP contribution in [0.2, 0.25) is 0 Å². The molecule has 0 aliphatic heterocycles. The van der Waals surface area contributed by atoms with Gasteiger partial charge in [0, 0.05) is 42.7 Å². The third-order valence-corrected chi connectivity index (χ3v) is 3.93. The molecule has 27 heavy (non-hydrogen) atoms. The number of amides is 1. The van der Waals surface area contributed by atoms with Gasteiger partial charge in [-0.3, -0.25) is 24.7 Å². The van der Waals surface area contributed by atoms with Crippen molar-refractivity contribution in [3.05, 3.63) is 69.5 Å². The first-order valence-corrected chi connectivity index (χ1v) is 8.51. The highest BCUT2D eigenvalue weighted by Crippen LogP contribution is 2.21. The zero-order chi connectivity index (χ0) is 19.8. The summed E-state index contributed by atoms with van der Waals surface area (Å²) in [5.74, 6) is -0.803. The fraction of sp³-hybridized carbons (Fsp3) is 0.316. The van der Waals surface area contributed by atoms with E-state index in [1.54, 1.807) is 44.4 Å². The number of esters is 1. The van der Waals surface area contributed by atoms with Crippen molar-refractivity contribution in [1.82, 2.24) is 9.88 Å². The van der Waals surface area contributed by atoms with Gasteiger partial charge in [-0.1, -0.05) is 12.1 Å². The lowest BCUT2D eigenvalue weighted by molar-refractivity contribution is -0.385. The molecule has 0 aliphatic rings. The molecule has 0 fully saturated rings. The minimum atomic E-state index is -0.518. The van der Waals surface area contributed by atoms with Crippen molar-refractivity contribution < 1.29 is 19.2 Å². The summed E-state index contributed by atoms with van der Waals surface area (Å²) in [7, 11) is 0. The van der Waals surface area contributed by atoms with Crippen LogP contribution in [0.3, 0.4) is 0 Å². The molecular formula is C19H21N3O5. The highest BCUT2D eigenvalue weighted by atomic mass is 16.6. The monoisotopic (exact) mass is 371 g/mol. The van der Waals surface area contributed by atoms with E-state index in [4.69, 9.17) is 4.74 Å². The Morgan fingerprint density at radius 3 is 2.70 bits per heavy atom. The van der Waals surface area contributed by atoms with Crippen LogP contribution < -0.4 is 0 Å². The number of nitrogens with zero attached hydrogens (tertiary/aromatic N) is 3. The first kappa shape index (κ1) is 20.0. The van der Waals surface area contributed by atoms with E-state index < -0.39 is 16.8 Å². The van der Waals surface area contributed by atoms with E-state index in [0.717, 1.165) is 5.56 Å². The smallest absolute Gasteiger partial charge is 0.307 e. The number of nitro benzene ring substituents is 1. The Kier molecular flexibility index (Phi) is 6.99. The van der Waals surface area contributed by atoms with E-state index >= 15 is 0 Å². The van der Waals surface area contributed by atoms with E-state index in [1.807, 2.05) is 6.07 Å². The molecule has 8 heteroatoms. The van der Waals surface area contributed by atoms with Gasteiger partial charge in [-0.15, -0.1) is 0 Å². The minimum Gasteiger partial charge on any atom is -0.466 e. The predicted octanol–water partition coefficient (Wildman–Crippen LogP) is 2.89. The molecule has 1 amide bonds. The van der Waals surface area contributed by atoms with Crippen LogP contribution in [0.4, 0.5) is 5.69 Å². The first-order valence-electron chi connectivity index (χ1n) is 8.51. The van der Waals surface area contributed by atoms with Crippen molar-refractivity contribution in [3.8, 4) is 0 Å². The molecule has 0 radical (unpaired) electrons. The summed E-state index contributed by atoms with van der Waals surface area (Å²) >= 11 is 0. The first-order chi connectivity index (χ1) is 12.9. The van der Waals surface area contributed by atoms with Gasteiger partial charge in [0.25, 0.3) is 11.6 Å². The second-order valence-electron chi connectivity index (χ2n) is 5.90. The molecule has 0 spiro atoms. The maximum Gasteiger partial charge on any atom is 0.307 e. The van der Waals surface area contributed by atoms with Gasteiger partial charge in [-0.05, 0) is 31.5 Å². The Morgan fingerprint density at radius 1 is 1.30 bits per heavy atom. The topological polar surface area (TPSA) is 103 Å². The molecule has 2 aromatic rings. The number of aryl methyl sites for hydroxylation is 1. The van der Waals surface area contributed by atoms with Crippen molar-refractivity contribution >= 4 is 17.6 Å². The van der Waals surface area contributed by atoms with Gasteiger partial charge < -0.3 is 9.64 Å². The van der Waals surface area contributed by atoms with Gasteiger partial charge in [0.05, 0.1) is 18.0 Å². The van der Waals surface area contributed by atoms with Crippen LogP contribution in [0, 0.1) is 17.0 Å². The lowest BCUT2D eigenvalue weighted by atomic mass is 10.1. The van der Waals surface area contributed by atoms with Gasteiger partial charge in [-0.25, -0.2) is 0 Å². The van der Waals surface area contributed by atoms with Gasteiger partial charge in [-0.2, -0.15) is 0 Å². The quantitative estimate of drug-likeness (QED) is 0.402. The summed E-state index contributed by atoms with van der Waals surface area (Å²) in [6.45, 7) is 3.95. The molecule has 0 unspecified atom stereocenters. The molecule has 2 rings (SSSR count). The number of hydrogen-bond acceptors (Lipinski definition) is 6. The molecule has 1 aromatic carbocycles. The third-order valence-electron chi connectivity index (χ3n) is 3.93. The van der Waals surface area contributed by atoms with Crippen LogP contribution in [0.5, 0.6) is 0 Å². The molecule has 8 nitrogen and oxygen atoms in total. The number of benzene rings is 1. The van der Waals surface area contributed by atoms with Gasteiger partial charge in [0.1, 0.15) is 0 Å². The van der Waals surface area contributed by atoms with E-state index in [0.29, 0.717) is 5.56 Å². The molecule has 142 valence electrons. The summed E-state index contributed by atoms with van der Waals surface area (Å²) in [6.07, 6.45) is 3.29.